The number of rotatable bonds is 9. The number of nitrogens with zero attached hydrogens (tertiary/aromatic N) is 5. The highest BCUT2D eigenvalue weighted by atomic mass is 16.5. The molecule has 23 rings (SSSR count). The highest BCUT2D eigenvalue weighted by molar-refractivity contribution is 7.06. The predicted octanol–water partition coefficient (Wildman–Crippen LogP) is 18.9. The van der Waals surface area contributed by atoms with Gasteiger partial charge in [0.1, 0.15) is 0 Å². The topological polar surface area (TPSA) is 25.4 Å². The van der Waals surface area contributed by atoms with Gasteiger partial charge in [-0.2, -0.15) is 0 Å². The molecule has 0 aliphatic carbocycles. The van der Waals surface area contributed by atoms with Crippen molar-refractivity contribution in [3.05, 3.63) is 364 Å². The van der Waals surface area contributed by atoms with Crippen LogP contribution in [-0.2, 0) is 0 Å². The second-order valence-corrected chi connectivity index (χ2v) is 28.0. The quantitative estimate of drug-likeness (QED) is 0.134. The lowest BCUT2D eigenvalue weighted by Crippen LogP contribution is -2.69. The fourth-order valence-electron chi connectivity index (χ4n) is 18.4. The molecule has 0 saturated carbocycles. The van der Waals surface area contributed by atoms with Crippen molar-refractivity contribution in [3.63, 3.8) is 0 Å². The summed E-state index contributed by atoms with van der Waals surface area (Å²) in [5, 5.41) is 0. The lowest BCUT2D eigenvalue weighted by molar-refractivity contribution is 0.481. The van der Waals surface area contributed by atoms with Gasteiger partial charge in [0.25, 0.3) is 20.1 Å². The fourth-order valence-corrected chi connectivity index (χ4v) is 18.4. The second-order valence-electron chi connectivity index (χ2n) is 28.0. The summed E-state index contributed by atoms with van der Waals surface area (Å²) in [7, 11) is 0. The first-order chi connectivity index (χ1) is 55.3. The Morgan fingerprint density at radius 3 is 0.905 bits per heavy atom. The number of fused-ring (bicyclic) bond motifs is 10. The van der Waals surface area contributed by atoms with Crippen molar-refractivity contribution in [3.8, 4) is 67.1 Å². The molecule has 0 saturated heterocycles. The van der Waals surface area contributed by atoms with Crippen molar-refractivity contribution in [1.29, 1.82) is 0 Å². The van der Waals surface area contributed by atoms with E-state index in [-0.39, 0.29) is 48.3 Å². The molecule has 484 valence electrons. The zero-order valence-electron chi connectivity index (χ0n) is 64.4. The van der Waals surface area contributed by atoms with E-state index in [0.717, 1.165) is 173 Å². The van der Waals surface area contributed by atoms with E-state index in [4.69, 9.17) is 4.74 Å². The molecule has 9 heteroatoms. The van der Waals surface area contributed by atoms with Crippen LogP contribution in [-0.4, -0.2) is 20.1 Å². The molecule has 0 aromatic heterocycles. The fraction of sp³-hybridized carbons (Fsp3) is 0. The maximum atomic E-state index is 9.70. The van der Waals surface area contributed by atoms with Gasteiger partial charge in [0, 0.05) is 85.1 Å². The van der Waals surface area contributed by atoms with Crippen LogP contribution < -0.4 is 78.4 Å². The third-order valence-electron chi connectivity index (χ3n) is 22.6. The van der Waals surface area contributed by atoms with E-state index in [9.17, 15) is 11.0 Å². The molecule has 0 unspecified atom stereocenters. The van der Waals surface area contributed by atoms with Crippen molar-refractivity contribution < 1.29 is 15.7 Å². The van der Waals surface area contributed by atoms with Crippen molar-refractivity contribution in [2.75, 3.05) is 24.5 Å². The van der Waals surface area contributed by atoms with Gasteiger partial charge >= 0.3 is 0 Å². The summed E-state index contributed by atoms with van der Waals surface area (Å²) in [5.74, 6) is 1.42. The maximum absolute atomic E-state index is 9.70. The Kier molecular flexibility index (Phi) is 10.9. The lowest BCUT2D eigenvalue weighted by atomic mass is 9.27. The van der Waals surface area contributed by atoms with Crippen LogP contribution in [0, 0.1) is 0 Å². The van der Waals surface area contributed by atoms with Crippen LogP contribution in [0.25, 0.3) is 55.6 Å². The first kappa shape index (κ1) is 50.8. The van der Waals surface area contributed by atoms with Crippen LogP contribution in [0.1, 0.15) is 11.0 Å². The highest BCUT2D eigenvalue weighted by Gasteiger charge is 2.56. The first-order valence-electron chi connectivity index (χ1n) is 39.8. The smallest absolute Gasteiger partial charge is 0.252 e. The van der Waals surface area contributed by atoms with Crippen molar-refractivity contribution in [1.82, 2.24) is 0 Å². The van der Waals surface area contributed by atoms with Crippen LogP contribution in [0.15, 0.2) is 364 Å². The van der Waals surface area contributed by atoms with Crippen molar-refractivity contribution in [2.45, 2.75) is 0 Å². The van der Waals surface area contributed by atoms with Crippen LogP contribution in [0.2, 0.25) is 0 Å². The van der Waals surface area contributed by atoms with Gasteiger partial charge in [-0.3, -0.25) is 0 Å². The zero-order valence-corrected chi connectivity index (χ0v) is 56.4. The number of benzene rings is 16. The third kappa shape index (κ3) is 8.40. The van der Waals surface area contributed by atoms with E-state index in [1.54, 1.807) is 24.3 Å². The number of ether oxygens (including phenoxy) is 1. The molecule has 0 amide bonds. The number of anilines is 15. The minimum Gasteiger partial charge on any atom is -0.452 e. The second kappa shape index (κ2) is 22.5. The Labute approximate surface area is 622 Å². The Balaban J connectivity index is 0.889. The number of hydrogen-bond acceptors (Lipinski definition) is 6. The molecule has 0 radical (unpaired) electrons. The normalized spacial score (nSPS) is 14.7. The molecule has 0 atom stereocenters. The summed E-state index contributed by atoms with van der Waals surface area (Å²) in [4.78, 5) is 11.6. The monoisotopic (exact) mass is 1340 g/mol. The van der Waals surface area contributed by atoms with Gasteiger partial charge < -0.3 is 29.2 Å². The largest absolute Gasteiger partial charge is 0.452 e. The molecule has 16 aromatic rings. The molecular weight excluding hydrogens is 1270 g/mol. The summed E-state index contributed by atoms with van der Waals surface area (Å²) in [6.07, 6.45) is 0. The molecular formula is C96H60B3N5O. The molecule has 7 aliphatic heterocycles. The van der Waals surface area contributed by atoms with Gasteiger partial charge in [-0.1, -0.05) is 279 Å². The van der Waals surface area contributed by atoms with Gasteiger partial charge in [0.2, 0.25) is 0 Å². The predicted molar refractivity (Wildman–Crippen MR) is 441 cm³/mol. The third-order valence-corrected chi connectivity index (χ3v) is 22.6. The number of para-hydroxylation sites is 4. The molecule has 6 nitrogen and oxygen atoms in total. The van der Waals surface area contributed by atoms with E-state index in [2.05, 4.69) is 225 Å². The average Bonchev–Trinajstić information content (AvgIpc) is 0.654. The minimum absolute atomic E-state index is 0.156. The first-order valence-corrected chi connectivity index (χ1v) is 35.8. The Hall–Kier alpha value is -13.5. The SMILES string of the molecule is [2H]c1cc([2H])cc(N2c3cc(-c4ccccc4)ccc3B3c4cc5c(cc4N(c4cc([2H])cc([2H])c4)c4cc(-c6ccccc6)cc2c43)N(c2cc([2H])cc([2H])c2)c2cc3c4c6c2B5c2ccc(-c5ccccc5)c5c2N6c2c(ccc(-c6ccccc6)c2O5)B4c2ccc(-c4ccccc4)cc2N3c2cc([2H])cc([2H])c2)c1. The summed E-state index contributed by atoms with van der Waals surface area (Å²) >= 11 is 0. The van der Waals surface area contributed by atoms with Crippen molar-refractivity contribution >= 4 is 155 Å². The summed E-state index contributed by atoms with van der Waals surface area (Å²) in [6, 6.07) is 109. The van der Waals surface area contributed by atoms with E-state index < -0.39 is 20.1 Å². The van der Waals surface area contributed by atoms with Crippen molar-refractivity contribution in [2.24, 2.45) is 0 Å². The van der Waals surface area contributed by atoms with Crippen LogP contribution in [0.5, 0.6) is 11.5 Å². The zero-order chi connectivity index (χ0) is 75.5. The molecule has 0 N–H and O–H groups in total. The van der Waals surface area contributed by atoms with Gasteiger partial charge in [-0.25, -0.2) is 0 Å². The van der Waals surface area contributed by atoms with Crippen LogP contribution >= 0.6 is 0 Å². The standard InChI is InChI=1S/C96H60B3N5O/c1-10-28-61(29-11-1)66-46-50-75-81(54-66)101(70-40-22-7-23-41-70)87-60-88-91-94-90(87)97(75)77-52-48-73(64-34-16-4-17-35-64)95-92(77)104(94)93-78(53-49-74(96(93)105-95)65-36-18-5-19-37-65)99(91)80-58-79-83(59-84(80)103(88)72-44-26-9-27-45-72)102(71-42-24-8-25-43-71)86-57-68(63-32-14-3-15-33-63)56-85-89(86)98(79)76-51-47-67(62-30-12-2-13-31-62)55-82(76)100(85)69-38-20-6-21-39-69/h1-60H/i20D,21D,22D,23D,24D,25D,26D,27D. The molecule has 0 spiro atoms. The molecule has 105 heavy (non-hydrogen) atoms. The molecule has 16 aromatic carbocycles. The Morgan fingerprint density at radius 1 is 0.210 bits per heavy atom. The van der Waals surface area contributed by atoms with Crippen LogP contribution in [0.3, 0.4) is 0 Å². The number of hydrogen-bond donors (Lipinski definition) is 0. The molecule has 0 bridgehead atoms. The average molecular weight is 1340 g/mol. The van der Waals surface area contributed by atoms with E-state index in [1.165, 1.54) is 0 Å². The summed E-state index contributed by atoms with van der Waals surface area (Å²) in [5.41, 5.74) is 30.5. The van der Waals surface area contributed by atoms with E-state index >= 15 is 0 Å². The van der Waals surface area contributed by atoms with Gasteiger partial charge in [-0.05, 0) is 179 Å². The van der Waals surface area contributed by atoms with Gasteiger partial charge in [-0.15, -0.1) is 0 Å². The molecule has 7 aliphatic rings. The van der Waals surface area contributed by atoms with Gasteiger partial charge in [0.05, 0.1) is 22.3 Å². The summed E-state index contributed by atoms with van der Waals surface area (Å²) in [6.45, 7) is -1.50. The maximum Gasteiger partial charge on any atom is 0.252 e. The van der Waals surface area contributed by atoms with E-state index in [0.29, 0.717) is 28.5 Å². The summed E-state index contributed by atoms with van der Waals surface area (Å²) < 4.78 is 84.0. The van der Waals surface area contributed by atoms with Crippen LogP contribution in [0.4, 0.5) is 85.3 Å². The molecule has 7 heterocycles. The Morgan fingerprint density at radius 2 is 0.514 bits per heavy atom. The Bertz CT molecular complexity index is 6760. The minimum atomic E-state index is -0.566. The lowest BCUT2D eigenvalue weighted by Gasteiger charge is -2.53. The van der Waals surface area contributed by atoms with E-state index in [1.807, 2.05) is 91.0 Å². The van der Waals surface area contributed by atoms with Gasteiger partial charge in [0.15, 0.2) is 11.5 Å². The molecule has 0 fully saturated rings. The highest BCUT2D eigenvalue weighted by Crippen LogP contribution is 2.60.